The van der Waals surface area contributed by atoms with Gasteiger partial charge in [0.25, 0.3) is 0 Å². The molecule has 0 aromatic heterocycles. The van der Waals surface area contributed by atoms with Crippen molar-refractivity contribution in [3.8, 4) is 17.2 Å². The van der Waals surface area contributed by atoms with Gasteiger partial charge in [-0.2, -0.15) is 0 Å². The van der Waals surface area contributed by atoms with Crippen LogP contribution in [0.25, 0.3) is 0 Å². The number of ether oxygens (including phenoxy) is 3. The molecule has 0 saturated heterocycles. The molecule has 43 heavy (non-hydrogen) atoms. The molecule has 0 aliphatic rings. The summed E-state index contributed by atoms with van der Waals surface area (Å²) in [6, 6.07) is 41.9. The molecular formula is C37H35NO5. The number of benzene rings is 5. The smallest absolute Gasteiger partial charge is 0.323 e. The Kier molecular flexibility index (Phi) is 9.39. The van der Waals surface area contributed by atoms with E-state index in [0.29, 0.717) is 17.9 Å². The van der Waals surface area contributed by atoms with Gasteiger partial charge in [-0.3, -0.25) is 10.1 Å². The number of phenols is 1. The Labute approximate surface area is 252 Å². The molecule has 0 amide bonds. The Balaban J connectivity index is 1.58. The number of carbonyl (C=O) groups is 1. The lowest BCUT2D eigenvalue weighted by Gasteiger charge is -2.39. The van der Waals surface area contributed by atoms with E-state index >= 15 is 0 Å². The highest BCUT2D eigenvalue weighted by atomic mass is 16.5. The Morgan fingerprint density at radius 2 is 1.26 bits per heavy atom. The van der Waals surface area contributed by atoms with Crippen molar-refractivity contribution < 1.29 is 24.1 Å². The molecule has 0 unspecified atom stereocenters. The molecule has 6 nitrogen and oxygen atoms in total. The van der Waals surface area contributed by atoms with Gasteiger partial charge in [-0.25, -0.2) is 0 Å². The molecule has 6 heteroatoms. The third-order valence-electron chi connectivity index (χ3n) is 7.54. The van der Waals surface area contributed by atoms with E-state index in [-0.39, 0.29) is 12.4 Å². The number of rotatable bonds is 12. The third kappa shape index (κ3) is 6.71. The first kappa shape index (κ1) is 29.4. The highest BCUT2D eigenvalue weighted by Crippen LogP contribution is 2.38. The summed E-state index contributed by atoms with van der Waals surface area (Å²) in [6.45, 7) is 0.0226. The quantitative estimate of drug-likeness (QED) is 0.129. The van der Waals surface area contributed by atoms with Crippen molar-refractivity contribution in [2.45, 2.75) is 24.6 Å². The van der Waals surface area contributed by atoms with E-state index in [0.717, 1.165) is 27.8 Å². The van der Waals surface area contributed by atoms with Crippen molar-refractivity contribution in [3.05, 3.63) is 161 Å². The molecule has 0 heterocycles. The predicted octanol–water partition coefficient (Wildman–Crippen LogP) is 6.65. The van der Waals surface area contributed by atoms with Crippen molar-refractivity contribution in [1.29, 1.82) is 0 Å². The molecule has 0 aliphatic carbocycles. The van der Waals surface area contributed by atoms with Gasteiger partial charge in [-0.1, -0.05) is 103 Å². The van der Waals surface area contributed by atoms with Gasteiger partial charge in [0.15, 0.2) is 0 Å². The third-order valence-corrected chi connectivity index (χ3v) is 7.54. The molecule has 5 rings (SSSR count). The summed E-state index contributed by atoms with van der Waals surface area (Å²) in [4.78, 5) is 14.1. The van der Waals surface area contributed by atoms with E-state index in [1.807, 2.05) is 78.9 Å². The minimum Gasteiger partial charge on any atom is -0.508 e. The van der Waals surface area contributed by atoms with Gasteiger partial charge in [-0.15, -0.1) is 0 Å². The topological polar surface area (TPSA) is 77.0 Å². The van der Waals surface area contributed by atoms with E-state index in [1.54, 1.807) is 32.4 Å². The molecule has 1 atom stereocenters. The van der Waals surface area contributed by atoms with Gasteiger partial charge in [0.05, 0.1) is 19.8 Å². The van der Waals surface area contributed by atoms with Crippen molar-refractivity contribution in [1.82, 2.24) is 5.32 Å². The van der Waals surface area contributed by atoms with Crippen molar-refractivity contribution >= 4 is 5.97 Å². The van der Waals surface area contributed by atoms with E-state index < -0.39 is 17.6 Å². The summed E-state index contributed by atoms with van der Waals surface area (Å²) >= 11 is 0. The molecular weight excluding hydrogens is 538 g/mol. The minimum atomic E-state index is -0.887. The van der Waals surface area contributed by atoms with Crippen molar-refractivity contribution in [2.24, 2.45) is 0 Å². The molecule has 0 saturated carbocycles. The van der Waals surface area contributed by atoms with Crippen LogP contribution in [0.1, 0.15) is 27.8 Å². The average Bonchev–Trinajstić information content (AvgIpc) is 3.07. The van der Waals surface area contributed by atoms with Crippen LogP contribution < -0.4 is 14.8 Å². The number of hydrogen-bond donors (Lipinski definition) is 2. The van der Waals surface area contributed by atoms with Crippen molar-refractivity contribution in [3.63, 3.8) is 0 Å². The van der Waals surface area contributed by atoms with Crippen LogP contribution in [-0.2, 0) is 28.1 Å². The number of nitrogens with one attached hydrogen (secondary N) is 1. The maximum Gasteiger partial charge on any atom is 0.323 e. The number of esters is 1. The Morgan fingerprint density at radius 3 is 1.74 bits per heavy atom. The number of carbonyl (C=O) groups excluding carboxylic acids is 1. The van der Waals surface area contributed by atoms with Gasteiger partial charge >= 0.3 is 5.97 Å². The lowest BCUT2D eigenvalue weighted by atomic mass is 9.76. The minimum absolute atomic E-state index is 0.0226. The zero-order valence-electron chi connectivity index (χ0n) is 24.3. The second kappa shape index (κ2) is 13.7. The highest BCUT2D eigenvalue weighted by Gasteiger charge is 2.40. The van der Waals surface area contributed by atoms with Crippen LogP contribution in [-0.4, -0.2) is 31.3 Å². The molecule has 2 N–H and O–H groups in total. The number of methoxy groups -OCH3 is 2. The first-order valence-electron chi connectivity index (χ1n) is 14.1. The van der Waals surface area contributed by atoms with Gasteiger partial charge in [0.2, 0.25) is 0 Å². The fraction of sp³-hybridized carbons (Fsp3) is 0.162. The first-order chi connectivity index (χ1) is 21.0. The van der Waals surface area contributed by atoms with Crippen LogP contribution in [0.3, 0.4) is 0 Å². The zero-order chi connectivity index (χ0) is 30.1. The van der Waals surface area contributed by atoms with E-state index in [1.165, 1.54) is 0 Å². The van der Waals surface area contributed by atoms with Crippen LogP contribution in [0.2, 0.25) is 0 Å². The summed E-state index contributed by atoms with van der Waals surface area (Å²) in [5.74, 6) is 0.965. The highest BCUT2D eigenvalue weighted by molar-refractivity contribution is 5.77. The molecule has 5 aromatic rings. The summed E-state index contributed by atoms with van der Waals surface area (Å²) in [5.41, 5.74) is 3.65. The Morgan fingerprint density at radius 1 is 0.721 bits per heavy atom. The first-order valence-corrected chi connectivity index (χ1v) is 14.1. The lowest BCUT2D eigenvalue weighted by Crippen LogP contribution is -2.53. The van der Waals surface area contributed by atoms with Crippen LogP contribution in [0.15, 0.2) is 133 Å². The van der Waals surface area contributed by atoms with Crippen LogP contribution in [0.4, 0.5) is 0 Å². The van der Waals surface area contributed by atoms with Gasteiger partial charge in [0, 0.05) is 11.6 Å². The van der Waals surface area contributed by atoms with Crippen molar-refractivity contribution in [2.75, 3.05) is 14.2 Å². The maximum absolute atomic E-state index is 14.1. The fourth-order valence-electron chi connectivity index (χ4n) is 5.36. The standard InChI is InChI=1S/C37H35NO5/c1-41-33-23-20-28(35(25-33)42-2)26-43-36(40)34(24-27-18-21-32(39)22-19-27)38-37(29-12-6-3-7-13-29,30-14-8-4-9-15-30)31-16-10-5-11-17-31/h3-23,25,34,38-39H,24,26H2,1-2H3/t34-/m1/s1. The maximum atomic E-state index is 14.1. The Bertz CT molecular complexity index is 1510. The number of aromatic hydroxyl groups is 1. The van der Waals surface area contributed by atoms with Gasteiger partial charge < -0.3 is 19.3 Å². The van der Waals surface area contributed by atoms with E-state index in [4.69, 9.17) is 14.2 Å². The molecule has 0 aliphatic heterocycles. The molecule has 0 radical (unpaired) electrons. The molecule has 0 bridgehead atoms. The molecule has 5 aromatic carbocycles. The Hall–Kier alpha value is -5.07. The summed E-state index contributed by atoms with van der Waals surface area (Å²) < 4.78 is 16.8. The number of phenolic OH excluding ortho intramolecular Hbond substituents is 1. The fourth-order valence-corrected chi connectivity index (χ4v) is 5.36. The van der Waals surface area contributed by atoms with Crippen LogP contribution >= 0.6 is 0 Å². The number of hydrogen-bond acceptors (Lipinski definition) is 6. The second-order valence-electron chi connectivity index (χ2n) is 10.2. The van der Waals surface area contributed by atoms with Gasteiger partial charge in [0.1, 0.15) is 29.9 Å². The second-order valence-corrected chi connectivity index (χ2v) is 10.2. The molecule has 0 spiro atoms. The zero-order valence-corrected chi connectivity index (χ0v) is 24.3. The van der Waals surface area contributed by atoms with E-state index in [9.17, 15) is 9.90 Å². The average molecular weight is 574 g/mol. The van der Waals surface area contributed by atoms with Crippen LogP contribution in [0, 0.1) is 0 Å². The normalized spacial score (nSPS) is 11.9. The summed E-state index contributed by atoms with van der Waals surface area (Å²) in [7, 11) is 3.16. The molecule has 0 fully saturated rings. The molecule has 218 valence electrons. The summed E-state index contributed by atoms with van der Waals surface area (Å²) in [6.07, 6.45) is 0.326. The van der Waals surface area contributed by atoms with Gasteiger partial charge in [-0.05, 0) is 52.9 Å². The SMILES string of the molecule is COc1ccc(COC(=O)[C@@H](Cc2ccc(O)cc2)NC(c2ccccc2)(c2ccccc2)c2ccccc2)c(OC)c1. The predicted molar refractivity (Wildman–Crippen MR) is 167 cm³/mol. The van der Waals surface area contributed by atoms with Crippen LogP contribution in [0.5, 0.6) is 17.2 Å². The van der Waals surface area contributed by atoms with E-state index in [2.05, 4.69) is 41.7 Å². The lowest BCUT2D eigenvalue weighted by molar-refractivity contribution is -0.148. The summed E-state index contributed by atoms with van der Waals surface area (Å²) in [5, 5.41) is 13.7. The monoisotopic (exact) mass is 573 g/mol. The largest absolute Gasteiger partial charge is 0.508 e.